The average Bonchev–Trinajstić information content (AvgIpc) is 3.22. The van der Waals surface area contributed by atoms with Crippen molar-refractivity contribution in [3.63, 3.8) is 0 Å². The Morgan fingerprint density at radius 1 is 1.04 bits per heavy atom. The molecule has 0 amide bonds. The smallest absolute Gasteiger partial charge is 0.162 e. The Balaban J connectivity index is 1.74. The number of thiophene rings is 1. The van der Waals surface area contributed by atoms with Crippen molar-refractivity contribution in [2.75, 3.05) is 5.32 Å². The second-order valence-corrected chi connectivity index (χ2v) is 7.70. The minimum absolute atomic E-state index is 0.667. The van der Waals surface area contributed by atoms with Gasteiger partial charge in [-0.1, -0.05) is 12.1 Å². The molecule has 0 bridgehead atoms. The van der Waals surface area contributed by atoms with Crippen LogP contribution < -0.4 is 5.32 Å². The van der Waals surface area contributed by atoms with Crippen molar-refractivity contribution in [1.82, 2.24) is 15.0 Å². The molecule has 0 saturated heterocycles. The van der Waals surface area contributed by atoms with Gasteiger partial charge in [-0.3, -0.25) is 0 Å². The van der Waals surface area contributed by atoms with E-state index >= 15 is 0 Å². The molecule has 0 unspecified atom stereocenters. The van der Waals surface area contributed by atoms with E-state index in [0.29, 0.717) is 6.54 Å². The number of hydrogen-bond donors (Lipinski definition) is 1. The summed E-state index contributed by atoms with van der Waals surface area (Å²) in [6, 6.07) is 10.1. The molecule has 0 fully saturated rings. The van der Waals surface area contributed by atoms with Crippen molar-refractivity contribution >= 4 is 39.4 Å². The molecular weight excluding hydrogens is 336 g/mol. The van der Waals surface area contributed by atoms with Crippen LogP contribution in [-0.4, -0.2) is 15.0 Å². The number of aromatic nitrogens is 3. The first-order valence-corrected chi connectivity index (χ1v) is 9.43. The molecule has 4 aromatic rings. The molecule has 1 N–H and O–H groups in total. The van der Waals surface area contributed by atoms with E-state index < -0.39 is 0 Å². The summed E-state index contributed by atoms with van der Waals surface area (Å²) in [4.78, 5) is 15.3. The summed E-state index contributed by atoms with van der Waals surface area (Å²) in [5, 5.41) is 9.69. The highest BCUT2D eigenvalue weighted by Crippen LogP contribution is 2.27. The molecule has 120 valence electrons. The summed E-state index contributed by atoms with van der Waals surface area (Å²) >= 11 is 3.38. The van der Waals surface area contributed by atoms with Crippen LogP contribution in [0.1, 0.15) is 15.6 Å². The second kappa shape index (κ2) is 6.30. The first kappa shape index (κ1) is 15.2. The van der Waals surface area contributed by atoms with Crippen LogP contribution in [0, 0.1) is 13.8 Å². The van der Waals surface area contributed by atoms with E-state index in [9.17, 15) is 0 Å². The Kier molecular flexibility index (Phi) is 4.00. The number of anilines is 1. The first-order chi connectivity index (χ1) is 11.7. The standard InChI is InChI=1S/C18H16N4S2/c1-11-16(20-12(2)24-11)9-19-18-14-5-3-4-6-15(14)21-17(22-18)13-7-8-23-10-13/h3-8,10H,9H2,1-2H3,(H,19,21,22). The van der Waals surface area contributed by atoms with Crippen LogP contribution in [0.2, 0.25) is 0 Å². The largest absolute Gasteiger partial charge is 0.364 e. The zero-order valence-corrected chi connectivity index (χ0v) is 15.0. The van der Waals surface area contributed by atoms with E-state index in [4.69, 9.17) is 9.97 Å². The fraction of sp³-hybridized carbons (Fsp3) is 0.167. The van der Waals surface area contributed by atoms with Crippen LogP contribution in [-0.2, 0) is 6.54 Å². The van der Waals surface area contributed by atoms with Crippen LogP contribution in [0.15, 0.2) is 41.1 Å². The summed E-state index contributed by atoms with van der Waals surface area (Å²) in [7, 11) is 0. The SMILES string of the molecule is Cc1nc(CNc2nc(-c3ccsc3)nc3ccccc23)c(C)s1. The van der Waals surface area contributed by atoms with Crippen molar-refractivity contribution < 1.29 is 0 Å². The highest BCUT2D eigenvalue weighted by Gasteiger charge is 2.11. The normalized spacial score (nSPS) is 11.1. The summed E-state index contributed by atoms with van der Waals surface area (Å²) in [5.41, 5.74) is 3.08. The Bertz CT molecular complexity index is 990. The highest BCUT2D eigenvalue weighted by atomic mass is 32.1. The quantitative estimate of drug-likeness (QED) is 0.559. The molecule has 4 nitrogen and oxygen atoms in total. The predicted molar refractivity (Wildman–Crippen MR) is 102 cm³/mol. The van der Waals surface area contributed by atoms with E-state index in [-0.39, 0.29) is 0 Å². The van der Waals surface area contributed by atoms with Gasteiger partial charge in [-0.2, -0.15) is 11.3 Å². The second-order valence-electron chi connectivity index (χ2n) is 5.51. The molecule has 0 atom stereocenters. The monoisotopic (exact) mass is 352 g/mol. The Morgan fingerprint density at radius 2 is 1.92 bits per heavy atom. The van der Waals surface area contributed by atoms with Gasteiger partial charge >= 0.3 is 0 Å². The number of benzene rings is 1. The van der Waals surface area contributed by atoms with Gasteiger partial charge in [0, 0.05) is 21.2 Å². The molecule has 4 rings (SSSR count). The molecule has 3 heterocycles. The van der Waals surface area contributed by atoms with Gasteiger partial charge in [0.1, 0.15) is 5.82 Å². The lowest BCUT2D eigenvalue weighted by molar-refractivity contribution is 1.02. The third-order valence-electron chi connectivity index (χ3n) is 3.81. The predicted octanol–water partition coefficient (Wildman–Crippen LogP) is 5.04. The minimum Gasteiger partial charge on any atom is -0.364 e. The fourth-order valence-corrected chi connectivity index (χ4v) is 4.10. The van der Waals surface area contributed by atoms with Crippen molar-refractivity contribution in [1.29, 1.82) is 0 Å². The van der Waals surface area contributed by atoms with Crippen molar-refractivity contribution in [2.24, 2.45) is 0 Å². The molecule has 1 aromatic carbocycles. The molecule has 0 aliphatic carbocycles. The van der Waals surface area contributed by atoms with Gasteiger partial charge in [-0.25, -0.2) is 15.0 Å². The molecule has 6 heteroatoms. The number of aryl methyl sites for hydroxylation is 2. The lowest BCUT2D eigenvalue weighted by Crippen LogP contribution is -2.05. The summed E-state index contributed by atoms with van der Waals surface area (Å²) in [6.45, 7) is 4.81. The lowest BCUT2D eigenvalue weighted by atomic mass is 10.2. The first-order valence-electron chi connectivity index (χ1n) is 7.67. The fourth-order valence-electron chi connectivity index (χ4n) is 2.64. The third kappa shape index (κ3) is 2.90. The van der Waals surface area contributed by atoms with E-state index in [2.05, 4.69) is 22.6 Å². The lowest BCUT2D eigenvalue weighted by Gasteiger charge is -2.10. The Labute approximate surface area is 148 Å². The highest BCUT2D eigenvalue weighted by molar-refractivity contribution is 7.11. The average molecular weight is 352 g/mol. The maximum Gasteiger partial charge on any atom is 0.162 e. The number of hydrogen-bond acceptors (Lipinski definition) is 6. The van der Waals surface area contributed by atoms with E-state index in [1.165, 1.54) is 4.88 Å². The molecule has 0 radical (unpaired) electrons. The van der Waals surface area contributed by atoms with Gasteiger partial charge < -0.3 is 5.32 Å². The van der Waals surface area contributed by atoms with Gasteiger partial charge in [0.05, 0.1) is 22.8 Å². The molecule has 0 saturated carbocycles. The van der Waals surface area contributed by atoms with Crippen molar-refractivity contribution in [3.8, 4) is 11.4 Å². The van der Waals surface area contributed by atoms with Crippen molar-refractivity contribution in [2.45, 2.75) is 20.4 Å². The van der Waals surface area contributed by atoms with Crippen LogP contribution in [0.3, 0.4) is 0 Å². The van der Waals surface area contributed by atoms with E-state index in [0.717, 1.165) is 38.8 Å². The van der Waals surface area contributed by atoms with Gasteiger partial charge in [0.2, 0.25) is 0 Å². The number of para-hydroxylation sites is 1. The van der Waals surface area contributed by atoms with Gasteiger partial charge in [0.25, 0.3) is 0 Å². The summed E-state index contributed by atoms with van der Waals surface area (Å²) < 4.78 is 0. The number of fused-ring (bicyclic) bond motifs is 1. The molecule has 0 aliphatic heterocycles. The zero-order valence-electron chi connectivity index (χ0n) is 13.4. The summed E-state index contributed by atoms with van der Waals surface area (Å²) in [6.07, 6.45) is 0. The number of nitrogens with one attached hydrogen (secondary N) is 1. The zero-order chi connectivity index (χ0) is 16.5. The van der Waals surface area contributed by atoms with Gasteiger partial charge in [-0.15, -0.1) is 11.3 Å². The molecular formula is C18H16N4S2. The number of nitrogens with zero attached hydrogens (tertiary/aromatic N) is 3. The number of thiazole rings is 1. The van der Waals surface area contributed by atoms with Gasteiger partial charge in [0.15, 0.2) is 5.82 Å². The van der Waals surface area contributed by atoms with Crippen LogP contribution in [0.5, 0.6) is 0 Å². The van der Waals surface area contributed by atoms with E-state index in [1.807, 2.05) is 42.6 Å². The maximum atomic E-state index is 4.75. The maximum absolute atomic E-state index is 4.75. The van der Waals surface area contributed by atoms with E-state index in [1.54, 1.807) is 22.7 Å². The summed E-state index contributed by atoms with van der Waals surface area (Å²) in [5.74, 6) is 1.61. The molecule has 0 spiro atoms. The number of rotatable bonds is 4. The van der Waals surface area contributed by atoms with Crippen LogP contribution in [0.25, 0.3) is 22.3 Å². The molecule has 24 heavy (non-hydrogen) atoms. The minimum atomic E-state index is 0.667. The Hall–Kier alpha value is -2.31. The van der Waals surface area contributed by atoms with Gasteiger partial charge in [-0.05, 0) is 37.4 Å². The van der Waals surface area contributed by atoms with Crippen molar-refractivity contribution in [3.05, 3.63) is 56.7 Å². The molecule has 0 aliphatic rings. The van der Waals surface area contributed by atoms with Crippen LogP contribution >= 0.6 is 22.7 Å². The Morgan fingerprint density at radius 3 is 2.67 bits per heavy atom. The third-order valence-corrected chi connectivity index (χ3v) is 5.42. The topological polar surface area (TPSA) is 50.7 Å². The van der Waals surface area contributed by atoms with Crippen LogP contribution in [0.4, 0.5) is 5.82 Å². The molecule has 3 aromatic heterocycles.